The fourth-order valence-electron chi connectivity index (χ4n) is 2.67. The highest BCUT2D eigenvalue weighted by Gasteiger charge is 2.37. The van der Waals surface area contributed by atoms with Crippen LogP contribution in [0.2, 0.25) is 0 Å². The molecule has 1 heterocycles. The lowest BCUT2D eigenvalue weighted by Gasteiger charge is -2.37. The van der Waals surface area contributed by atoms with Crippen molar-refractivity contribution in [1.29, 1.82) is 0 Å². The molecule has 0 aromatic rings. The molecule has 7 nitrogen and oxygen atoms in total. The summed E-state index contributed by atoms with van der Waals surface area (Å²) >= 11 is 0. The molecule has 21 heavy (non-hydrogen) atoms. The van der Waals surface area contributed by atoms with Gasteiger partial charge in [-0.1, -0.05) is 0 Å². The summed E-state index contributed by atoms with van der Waals surface area (Å²) in [5.41, 5.74) is -0.879. The number of nitrogens with zero attached hydrogens (tertiary/aromatic N) is 1. The Kier molecular flexibility index (Phi) is 5.24. The molecule has 0 aromatic carbocycles. The van der Waals surface area contributed by atoms with E-state index < -0.39 is 15.8 Å². The Hall–Kier alpha value is -0.700. The average molecular weight is 320 g/mol. The first-order chi connectivity index (χ1) is 9.86. The van der Waals surface area contributed by atoms with Gasteiger partial charge < -0.3 is 9.84 Å². The first-order valence-electron chi connectivity index (χ1n) is 7.50. The van der Waals surface area contributed by atoms with E-state index in [1.807, 2.05) is 0 Å². The molecule has 122 valence electrons. The van der Waals surface area contributed by atoms with Gasteiger partial charge in [-0.2, -0.15) is 17.4 Å². The molecule has 0 bridgehead atoms. The highest BCUT2D eigenvalue weighted by molar-refractivity contribution is 7.87. The third kappa shape index (κ3) is 4.15. The Bertz CT molecular complexity index is 467. The van der Waals surface area contributed by atoms with Crippen LogP contribution in [0.15, 0.2) is 0 Å². The molecular weight excluding hydrogens is 296 g/mol. The van der Waals surface area contributed by atoms with Crippen molar-refractivity contribution in [3.8, 4) is 0 Å². The van der Waals surface area contributed by atoms with E-state index in [9.17, 15) is 18.3 Å². The molecule has 0 radical (unpaired) electrons. The smallest absolute Gasteiger partial charge is 0.309 e. The normalized spacial score (nSPS) is 23.5. The van der Waals surface area contributed by atoms with Crippen LogP contribution >= 0.6 is 0 Å². The zero-order valence-electron chi connectivity index (χ0n) is 12.4. The predicted octanol–water partition coefficient (Wildman–Crippen LogP) is 0.0109. The van der Waals surface area contributed by atoms with E-state index in [-0.39, 0.29) is 18.4 Å². The number of rotatable bonds is 6. The van der Waals surface area contributed by atoms with Crippen molar-refractivity contribution < 1.29 is 23.1 Å². The standard InChI is InChI=1S/C13H24N2O5S/c1-2-20-12(16)11-4-8-15(9-5-11)21(18,19)14-10-13(17)6-3-7-13/h11,14,17H,2-10H2,1H3. The molecule has 0 atom stereocenters. The molecule has 0 spiro atoms. The molecule has 2 N–H and O–H groups in total. The van der Waals surface area contributed by atoms with Gasteiger partial charge in [-0.3, -0.25) is 4.79 Å². The van der Waals surface area contributed by atoms with Gasteiger partial charge in [0.25, 0.3) is 10.2 Å². The molecule has 8 heteroatoms. The SMILES string of the molecule is CCOC(=O)C1CCN(S(=O)(=O)NCC2(O)CCC2)CC1. The number of carbonyl (C=O) groups is 1. The second-order valence-corrected chi connectivity index (χ2v) is 7.58. The van der Waals surface area contributed by atoms with Crippen LogP contribution in [-0.4, -0.2) is 55.6 Å². The van der Waals surface area contributed by atoms with E-state index in [4.69, 9.17) is 4.74 Å². The van der Waals surface area contributed by atoms with Crippen molar-refractivity contribution in [2.45, 2.75) is 44.6 Å². The molecule has 0 unspecified atom stereocenters. The summed E-state index contributed by atoms with van der Waals surface area (Å²) in [6.45, 7) is 2.77. The number of carbonyl (C=O) groups excluding carboxylic acids is 1. The largest absolute Gasteiger partial charge is 0.466 e. The maximum atomic E-state index is 12.2. The third-order valence-corrected chi connectivity index (χ3v) is 5.84. The lowest BCUT2D eigenvalue weighted by Crippen LogP contribution is -2.52. The van der Waals surface area contributed by atoms with Gasteiger partial charge in [-0.25, -0.2) is 0 Å². The quantitative estimate of drug-likeness (QED) is 0.672. The van der Waals surface area contributed by atoms with E-state index >= 15 is 0 Å². The van der Waals surface area contributed by atoms with Crippen LogP contribution in [-0.2, 0) is 19.7 Å². The minimum Gasteiger partial charge on any atom is -0.466 e. The lowest BCUT2D eigenvalue weighted by atomic mass is 9.81. The summed E-state index contributed by atoms with van der Waals surface area (Å²) in [6.07, 6.45) is 3.16. The number of aliphatic hydroxyl groups is 1. The van der Waals surface area contributed by atoms with E-state index in [1.54, 1.807) is 6.92 Å². The summed E-state index contributed by atoms with van der Waals surface area (Å²) < 4.78 is 33.1. The van der Waals surface area contributed by atoms with E-state index in [2.05, 4.69) is 4.72 Å². The molecule has 2 fully saturated rings. The summed E-state index contributed by atoms with van der Waals surface area (Å²) in [5, 5.41) is 9.94. The summed E-state index contributed by atoms with van der Waals surface area (Å²) in [6, 6.07) is 0. The van der Waals surface area contributed by atoms with Crippen molar-refractivity contribution in [2.24, 2.45) is 5.92 Å². The fraction of sp³-hybridized carbons (Fsp3) is 0.923. The zero-order chi connectivity index (χ0) is 15.5. The number of hydrogen-bond acceptors (Lipinski definition) is 5. The minimum atomic E-state index is -3.58. The van der Waals surface area contributed by atoms with Crippen molar-refractivity contribution in [3.05, 3.63) is 0 Å². The molecule has 1 saturated carbocycles. The third-order valence-electron chi connectivity index (χ3n) is 4.28. The molecule has 0 aromatic heterocycles. The summed E-state index contributed by atoms with van der Waals surface area (Å²) in [5.74, 6) is -0.460. The number of ether oxygens (including phenoxy) is 1. The van der Waals surface area contributed by atoms with E-state index in [1.165, 1.54) is 4.31 Å². The number of nitrogens with one attached hydrogen (secondary N) is 1. The second-order valence-electron chi connectivity index (χ2n) is 5.83. The Labute approximate surface area is 125 Å². The van der Waals surface area contributed by atoms with Crippen LogP contribution in [0.1, 0.15) is 39.0 Å². The van der Waals surface area contributed by atoms with Crippen molar-refractivity contribution in [3.63, 3.8) is 0 Å². The van der Waals surface area contributed by atoms with Gasteiger partial charge in [0.15, 0.2) is 0 Å². The highest BCUT2D eigenvalue weighted by atomic mass is 32.2. The molecule has 2 rings (SSSR count). The topological polar surface area (TPSA) is 95.9 Å². The lowest BCUT2D eigenvalue weighted by molar-refractivity contribution is -0.149. The van der Waals surface area contributed by atoms with Gasteiger partial charge in [0.2, 0.25) is 0 Å². The molecular formula is C13H24N2O5S. The average Bonchev–Trinajstić information content (AvgIpc) is 2.43. The number of esters is 1. The Morgan fingerprint density at radius 2 is 2.00 bits per heavy atom. The fourth-order valence-corrected chi connectivity index (χ4v) is 4.00. The van der Waals surface area contributed by atoms with Crippen LogP contribution < -0.4 is 4.72 Å². The molecule has 1 aliphatic heterocycles. The van der Waals surface area contributed by atoms with Gasteiger partial charge in [0, 0.05) is 19.6 Å². The van der Waals surface area contributed by atoms with E-state index in [0.29, 0.717) is 45.4 Å². The van der Waals surface area contributed by atoms with Crippen LogP contribution in [0.5, 0.6) is 0 Å². The van der Waals surface area contributed by atoms with E-state index in [0.717, 1.165) is 6.42 Å². The van der Waals surface area contributed by atoms with Crippen LogP contribution in [0.25, 0.3) is 0 Å². The van der Waals surface area contributed by atoms with Gasteiger partial charge in [-0.15, -0.1) is 0 Å². The van der Waals surface area contributed by atoms with Crippen LogP contribution in [0.3, 0.4) is 0 Å². The van der Waals surface area contributed by atoms with Crippen molar-refractivity contribution >= 4 is 16.2 Å². The molecule has 0 amide bonds. The summed E-state index contributed by atoms with van der Waals surface area (Å²) in [4.78, 5) is 11.6. The monoisotopic (exact) mass is 320 g/mol. The van der Waals surface area contributed by atoms with Crippen molar-refractivity contribution in [1.82, 2.24) is 9.03 Å². The highest BCUT2D eigenvalue weighted by Crippen LogP contribution is 2.31. The van der Waals surface area contributed by atoms with Gasteiger partial charge in [0.05, 0.1) is 18.1 Å². The molecule has 2 aliphatic rings. The Balaban J connectivity index is 1.81. The van der Waals surface area contributed by atoms with Gasteiger partial charge >= 0.3 is 5.97 Å². The number of hydrogen-bond donors (Lipinski definition) is 2. The predicted molar refractivity (Wildman–Crippen MR) is 76.7 cm³/mol. The maximum Gasteiger partial charge on any atom is 0.309 e. The molecule has 1 saturated heterocycles. The second kappa shape index (κ2) is 6.60. The van der Waals surface area contributed by atoms with Gasteiger partial charge in [0.1, 0.15) is 0 Å². The Morgan fingerprint density at radius 1 is 1.38 bits per heavy atom. The molecule has 1 aliphatic carbocycles. The maximum absolute atomic E-state index is 12.2. The minimum absolute atomic E-state index is 0.0626. The number of piperidine rings is 1. The van der Waals surface area contributed by atoms with Gasteiger partial charge in [-0.05, 0) is 39.0 Å². The Morgan fingerprint density at radius 3 is 2.48 bits per heavy atom. The first-order valence-corrected chi connectivity index (χ1v) is 8.94. The summed E-state index contributed by atoms with van der Waals surface area (Å²) in [7, 11) is -3.58. The van der Waals surface area contributed by atoms with Crippen molar-refractivity contribution in [2.75, 3.05) is 26.2 Å². The zero-order valence-corrected chi connectivity index (χ0v) is 13.2. The first kappa shape index (κ1) is 16.7. The van der Waals surface area contributed by atoms with Crippen LogP contribution in [0.4, 0.5) is 0 Å². The van der Waals surface area contributed by atoms with Crippen LogP contribution in [0, 0.1) is 5.92 Å².